The van der Waals surface area contributed by atoms with Crippen LogP contribution >= 0.6 is 30.1 Å². The van der Waals surface area contributed by atoms with Gasteiger partial charge in [-0.25, -0.2) is 33.7 Å². The minimum atomic E-state index is -3.90. The smallest absolute Gasteiger partial charge is 0.348 e. The van der Waals surface area contributed by atoms with Crippen LogP contribution in [0.5, 0.6) is 0 Å². The number of nitrogens with one attached hydrogen (secondary N) is 8. The van der Waals surface area contributed by atoms with Gasteiger partial charge < -0.3 is 79.4 Å². The topological polar surface area (TPSA) is 550 Å². The van der Waals surface area contributed by atoms with Crippen LogP contribution in [0, 0.1) is 43.3 Å². The third-order valence-corrected chi connectivity index (χ3v) is 34.0. The molecule has 8 atom stereocenters. The Bertz CT molecular complexity index is 5890. The van der Waals surface area contributed by atoms with E-state index in [4.69, 9.17) is 18.1 Å². The molecule has 800 valence electrons. The van der Waals surface area contributed by atoms with E-state index in [1.807, 2.05) is 83.1 Å². The maximum atomic E-state index is 13.9. The molecule has 4 amide bonds. The van der Waals surface area contributed by atoms with E-state index in [-0.39, 0.29) is 161 Å². The van der Waals surface area contributed by atoms with E-state index in [1.165, 1.54) is 48.5 Å². The lowest BCUT2D eigenvalue weighted by Gasteiger charge is -2.36. The molecule has 0 fully saturated rings. The van der Waals surface area contributed by atoms with E-state index in [9.17, 15) is 91.5 Å². The number of carbonyl (C=O) groups excluding carboxylic acids is 4. The van der Waals surface area contributed by atoms with Crippen molar-refractivity contribution in [2.45, 2.75) is 244 Å². The van der Waals surface area contributed by atoms with Gasteiger partial charge in [-0.3, -0.25) is 56.3 Å². The molecule has 0 bridgehead atoms. The Morgan fingerprint density at radius 1 is 0.306 bits per heavy atom. The molecule has 4 aromatic carbocycles. The van der Waals surface area contributed by atoms with E-state index in [2.05, 4.69) is 142 Å². The van der Waals surface area contributed by atoms with Gasteiger partial charge in [0.2, 0.25) is 40.1 Å². The predicted molar refractivity (Wildman–Crippen MR) is 574 cm³/mol. The molecule has 48 heteroatoms. The minimum absolute atomic E-state index is 0.0248. The van der Waals surface area contributed by atoms with Crippen LogP contribution in [0.4, 0.5) is 45.5 Å². The first-order chi connectivity index (χ1) is 65.4. The summed E-state index contributed by atoms with van der Waals surface area (Å²) in [4.78, 5) is 61.3. The van der Waals surface area contributed by atoms with Crippen LogP contribution < -0.4 is 61.4 Å². The van der Waals surface area contributed by atoms with Crippen LogP contribution in [0.1, 0.15) is 220 Å². The fraction of sp³-hybridized carbons (Fsp3) is 0.583. The summed E-state index contributed by atoms with van der Waals surface area (Å²) in [5.41, 5.74) is 0.110. The lowest BCUT2D eigenvalue weighted by atomic mass is 9.84. The third-order valence-electron chi connectivity index (χ3n) is 23.4. The third kappa shape index (κ3) is 28.7. The highest BCUT2D eigenvalue weighted by Crippen LogP contribution is 2.58. The summed E-state index contributed by atoms with van der Waals surface area (Å²) in [7, 11) is -29.9. The molecule has 12 N–H and O–H groups in total. The van der Waals surface area contributed by atoms with E-state index < -0.39 is 140 Å². The summed E-state index contributed by atoms with van der Waals surface area (Å²) >= 11 is 0. The van der Waals surface area contributed by atoms with Gasteiger partial charge in [0.1, 0.15) is 45.3 Å². The number of aliphatic hydroxyl groups is 4. The standard InChI is InChI=1S/4C24H37N4O6PS/c4*1-9-34-35(31)17-14-15(27-36(8,32)33)10-11-16(17)25-21(26-35)18-19(29)20(24(5,6)7)28(22(18)30)13-12-23(2,3)4/h4*10-11,14,20,27,29H,9,12-13H2,1-8H3,(H,25,26,31)/t2*20-,35+;2*20-,35-/m1010/s1. The lowest BCUT2D eigenvalue weighted by molar-refractivity contribution is -0.129. The van der Waals surface area contributed by atoms with Gasteiger partial charge in [0.25, 0.3) is 23.6 Å². The first-order valence-electron chi connectivity index (χ1n) is 47.4. The van der Waals surface area contributed by atoms with Gasteiger partial charge in [-0.1, -0.05) is 166 Å². The predicted octanol–water partition coefficient (Wildman–Crippen LogP) is 17.0. The Hall–Kier alpha value is -9.44. The molecule has 8 heterocycles. The number of benzene rings is 4. The number of aliphatic hydroxyl groups excluding tert-OH is 4. The van der Waals surface area contributed by atoms with E-state index in [0.29, 0.717) is 48.9 Å². The fourth-order valence-corrected chi connectivity index (χ4v) is 26.7. The number of anilines is 8. The van der Waals surface area contributed by atoms with Gasteiger partial charge in [-0.2, -0.15) is 19.1 Å². The zero-order valence-electron chi connectivity index (χ0n) is 88.7. The van der Waals surface area contributed by atoms with Gasteiger partial charge in [-0.05, 0) is 169 Å². The molecule has 144 heavy (non-hydrogen) atoms. The van der Waals surface area contributed by atoms with E-state index >= 15 is 0 Å². The minimum Gasteiger partial charge on any atom is -0.509 e. The second-order valence-corrected chi connectivity index (χ2v) is 60.7. The van der Waals surface area contributed by atoms with Gasteiger partial charge >= 0.3 is 30.1 Å². The second-order valence-electron chi connectivity index (χ2n) is 45.8. The largest absolute Gasteiger partial charge is 0.509 e. The number of sulfonamides is 4. The first kappa shape index (κ1) is 118. The molecular formula is C96H148N16O24P4S4. The number of nitrogens with zero attached hydrogens (tertiary/aromatic N) is 8. The monoisotopic (exact) mass is 2160 g/mol. The average molecular weight is 2160 g/mol. The highest BCUT2D eigenvalue weighted by atomic mass is 32.2. The highest BCUT2D eigenvalue weighted by Gasteiger charge is 2.55. The van der Waals surface area contributed by atoms with Crippen molar-refractivity contribution in [2.75, 3.05) is 118 Å². The molecule has 12 rings (SSSR count). The van der Waals surface area contributed by atoms with Crippen LogP contribution in [0.2, 0.25) is 0 Å². The summed E-state index contributed by atoms with van der Waals surface area (Å²) in [5, 5.41) is 58.0. The Morgan fingerprint density at radius 3 is 0.597 bits per heavy atom. The Balaban J connectivity index is 0.000000214. The zero-order valence-corrected chi connectivity index (χ0v) is 95.5. The Labute approximate surface area is 849 Å². The summed E-state index contributed by atoms with van der Waals surface area (Å²) in [6, 6.07) is 15.5. The van der Waals surface area contributed by atoms with E-state index in [1.54, 1.807) is 71.6 Å². The zero-order chi connectivity index (χ0) is 109. The van der Waals surface area contributed by atoms with Crippen molar-refractivity contribution in [1.29, 1.82) is 0 Å². The quantitative estimate of drug-likeness (QED) is 0.0235. The van der Waals surface area contributed by atoms with Gasteiger partial charge in [-0.15, -0.1) is 0 Å². The van der Waals surface area contributed by atoms with Crippen LogP contribution in [-0.2, 0) is 95.6 Å². The molecule has 0 saturated heterocycles. The molecule has 0 saturated carbocycles. The molecule has 8 aliphatic rings. The lowest BCUT2D eigenvalue weighted by Crippen LogP contribution is -2.45. The van der Waals surface area contributed by atoms with Crippen molar-refractivity contribution in [3.63, 3.8) is 0 Å². The molecule has 0 radical (unpaired) electrons. The molecule has 0 aromatic heterocycles. The van der Waals surface area contributed by atoms with Crippen molar-refractivity contribution in [3.8, 4) is 0 Å². The SMILES string of the molecule is CCO[P@@]1(=O)N=C(C2=C(O)[C@@H](C(C)(C)C)N(CCC(C)(C)C)C2=O)Nc2ccc(NS(C)(=O)=O)cc21.CCO[P@@]1(=O)N=C(C2=C(O)[C@H](C(C)(C)C)N(CCC(C)(C)C)C2=O)Nc2ccc(NS(C)(=O)=O)cc21.CCO[P@]1(=O)N=C(C2=C(O)[C@@H](C(C)(C)C)N(CCC(C)(C)C)C2=O)Nc2ccc(NS(C)(=O)=O)cc21.CCO[P@]1(=O)N=C(C2=C(O)[C@H](C(C)(C)C)N(CCC(C)(C)C)C2=O)Nc2ccc(NS(C)(=O)=O)cc21. The number of amides is 4. The molecule has 8 aliphatic heterocycles. The average Bonchev–Trinajstić information content (AvgIpc) is 1.56. The molecule has 0 aliphatic carbocycles. The summed E-state index contributed by atoms with van der Waals surface area (Å²) in [6.07, 6.45) is 6.96. The summed E-state index contributed by atoms with van der Waals surface area (Å²) < 4.78 is 198. The van der Waals surface area contributed by atoms with Gasteiger partial charge in [0.05, 0.1) is 120 Å². The second kappa shape index (κ2) is 42.7. The van der Waals surface area contributed by atoms with Crippen LogP contribution in [0.15, 0.2) is 137 Å². The number of amidine groups is 4. The van der Waals surface area contributed by atoms with Crippen LogP contribution in [-0.4, -0.2) is 222 Å². The molecule has 0 spiro atoms. The van der Waals surface area contributed by atoms with Crippen molar-refractivity contribution < 1.29 is 110 Å². The number of carbonyl (C=O) groups is 4. The molecule has 40 nitrogen and oxygen atoms in total. The number of hydrogen-bond acceptors (Lipinski definition) is 28. The first-order valence-corrected chi connectivity index (χ1v) is 61.3. The normalized spacial score (nSPS) is 22.9. The maximum Gasteiger partial charge on any atom is 0.348 e. The highest BCUT2D eigenvalue weighted by molar-refractivity contribution is 7.92. The van der Waals surface area contributed by atoms with Crippen LogP contribution in [0.3, 0.4) is 0 Å². The van der Waals surface area contributed by atoms with Gasteiger partial charge in [0.15, 0.2) is 23.3 Å². The van der Waals surface area contributed by atoms with E-state index in [0.717, 1.165) is 50.7 Å². The van der Waals surface area contributed by atoms with Gasteiger partial charge in [0, 0.05) is 48.9 Å². The Morgan fingerprint density at radius 2 is 0.465 bits per heavy atom. The number of fused-ring (bicyclic) bond motifs is 4. The summed E-state index contributed by atoms with van der Waals surface area (Å²) in [6.45, 7) is 57.0. The maximum absolute atomic E-state index is 13.9. The van der Waals surface area contributed by atoms with Crippen molar-refractivity contribution >= 4 is 184 Å². The number of rotatable bonds is 28. The molecular weight excluding hydrogens is 2010 g/mol. The van der Waals surface area contributed by atoms with Crippen molar-refractivity contribution in [2.24, 2.45) is 62.4 Å². The van der Waals surface area contributed by atoms with Crippen molar-refractivity contribution in [3.05, 3.63) is 118 Å². The Kier molecular flexibility index (Phi) is 35.0. The number of hydrogen-bond donors (Lipinski definition) is 12. The summed E-state index contributed by atoms with van der Waals surface area (Å²) in [5.74, 6) is -2.23. The van der Waals surface area contributed by atoms with Crippen LogP contribution in [0.25, 0.3) is 0 Å². The van der Waals surface area contributed by atoms with Crippen molar-refractivity contribution in [1.82, 2.24) is 19.6 Å². The molecule has 0 unspecified atom stereocenters. The molecule has 4 aromatic rings. The fourth-order valence-electron chi connectivity index (χ4n) is 17.3.